The Balaban J connectivity index is 1.70. The molecule has 10 nitrogen and oxygen atoms in total. The van der Waals surface area contributed by atoms with Crippen LogP contribution in [0.15, 0.2) is 71.3 Å². The summed E-state index contributed by atoms with van der Waals surface area (Å²) in [6.07, 6.45) is 1.45. The summed E-state index contributed by atoms with van der Waals surface area (Å²) >= 11 is 0. The Morgan fingerprint density at radius 3 is 2.42 bits per heavy atom. The highest BCUT2D eigenvalue weighted by Gasteiger charge is 2.36. The smallest absolute Gasteiger partial charge is 0.251 e. The third-order valence-electron chi connectivity index (χ3n) is 5.34. The lowest BCUT2D eigenvalue weighted by Gasteiger charge is -2.32. The molecule has 0 aliphatic heterocycles. The number of hydrogen-bond acceptors (Lipinski definition) is 7. The van der Waals surface area contributed by atoms with Crippen LogP contribution in [0.2, 0.25) is 0 Å². The number of amides is 2. The van der Waals surface area contributed by atoms with Gasteiger partial charge in [0.1, 0.15) is 23.9 Å². The molecule has 4 aromatic rings. The van der Waals surface area contributed by atoms with Crippen LogP contribution in [-0.2, 0) is 16.1 Å². The van der Waals surface area contributed by atoms with Crippen molar-refractivity contribution in [3.05, 3.63) is 78.5 Å². The van der Waals surface area contributed by atoms with E-state index in [9.17, 15) is 14.0 Å². The van der Waals surface area contributed by atoms with Gasteiger partial charge in [0.2, 0.25) is 5.82 Å². The number of benzene rings is 2. The topological polar surface area (TPSA) is 115 Å². The number of rotatable bonds is 9. The fraction of sp³-hybridized carbons (Fsp3) is 0.296. The molecule has 4 rings (SSSR count). The largest absolute Gasteiger partial charge is 0.494 e. The molecule has 0 saturated carbocycles. The molecular formula is C27H29FN6O4. The van der Waals surface area contributed by atoms with Crippen molar-refractivity contribution in [1.82, 2.24) is 25.5 Å². The van der Waals surface area contributed by atoms with Crippen LogP contribution in [0.1, 0.15) is 39.5 Å². The highest BCUT2D eigenvalue weighted by molar-refractivity contribution is 6.01. The van der Waals surface area contributed by atoms with Crippen LogP contribution >= 0.6 is 0 Å². The van der Waals surface area contributed by atoms with E-state index in [4.69, 9.17) is 9.15 Å². The highest BCUT2D eigenvalue weighted by Crippen LogP contribution is 2.31. The molecule has 0 spiro atoms. The van der Waals surface area contributed by atoms with Crippen LogP contribution < -0.4 is 15.0 Å². The molecule has 38 heavy (non-hydrogen) atoms. The van der Waals surface area contributed by atoms with E-state index in [2.05, 4.69) is 20.7 Å². The van der Waals surface area contributed by atoms with E-state index in [1.54, 1.807) is 36.4 Å². The Hall–Kier alpha value is -4.54. The monoisotopic (exact) mass is 520 g/mol. The first-order valence-electron chi connectivity index (χ1n) is 12.1. The van der Waals surface area contributed by atoms with E-state index in [-0.39, 0.29) is 23.9 Å². The van der Waals surface area contributed by atoms with E-state index < -0.39 is 23.4 Å². The van der Waals surface area contributed by atoms with Crippen molar-refractivity contribution in [1.29, 1.82) is 0 Å². The van der Waals surface area contributed by atoms with Gasteiger partial charge in [-0.3, -0.25) is 14.5 Å². The zero-order valence-corrected chi connectivity index (χ0v) is 21.6. The number of hydrogen-bond donors (Lipinski definition) is 1. The Morgan fingerprint density at radius 1 is 1.11 bits per heavy atom. The quantitative estimate of drug-likeness (QED) is 0.352. The fourth-order valence-corrected chi connectivity index (χ4v) is 3.79. The molecule has 0 bridgehead atoms. The number of nitrogens with one attached hydrogen (secondary N) is 1. The minimum atomic E-state index is -1.12. The van der Waals surface area contributed by atoms with E-state index in [1.165, 1.54) is 35.4 Å². The van der Waals surface area contributed by atoms with Crippen LogP contribution in [0.5, 0.6) is 5.75 Å². The molecule has 0 aliphatic rings. The number of furan rings is 1. The van der Waals surface area contributed by atoms with Gasteiger partial charge in [0.15, 0.2) is 6.04 Å². The second-order valence-electron chi connectivity index (χ2n) is 9.50. The molecule has 1 atom stereocenters. The lowest BCUT2D eigenvalue weighted by molar-refractivity contribution is -0.128. The predicted molar refractivity (Wildman–Crippen MR) is 138 cm³/mol. The maximum absolute atomic E-state index is 13.8. The van der Waals surface area contributed by atoms with Gasteiger partial charge in [-0.1, -0.05) is 0 Å². The van der Waals surface area contributed by atoms with Gasteiger partial charge in [0.05, 0.1) is 12.9 Å². The van der Waals surface area contributed by atoms with Gasteiger partial charge in [-0.15, -0.1) is 10.2 Å². The van der Waals surface area contributed by atoms with Crippen molar-refractivity contribution in [3.63, 3.8) is 0 Å². The molecule has 0 aliphatic carbocycles. The van der Waals surface area contributed by atoms with Crippen molar-refractivity contribution in [2.45, 2.75) is 45.8 Å². The summed E-state index contributed by atoms with van der Waals surface area (Å²) in [5.41, 5.74) is 0.432. The molecule has 2 aromatic carbocycles. The van der Waals surface area contributed by atoms with Gasteiger partial charge in [-0.25, -0.2) is 4.39 Å². The first-order chi connectivity index (χ1) is 18.1. The lowest BCUT2D eigenvalue weighted by Crippen LogP contribution is -2.50. The molecule has 198 valence electrons. The van der Waals surface area contributed by atoms with Crippen molar-refractivity contribution in [2.75, 3.05) is 11.5 Å². The van der Waals surface area contributed by atoms with Gasteiger partial charge in [0.25, 0.3) is 11.8 Å². The third kappa shape index (κ3) is 6.41. The van der Waals surface area contributed by atoms with Crippen LogP contribution in [0.4, 0.5) is 10.1 Å². The molecule has 0 fully saturated rings. The number of anilines is 1. The molecule has 1 unspecified atom stereocenters. The Bertz CT molecular complexity index is 1360. The summed E-state index contributed by atoms with van der Waals surface area (Å²) in [4.78, 5) is 29.8. The maximum Gasteiger partial charge on any atom is 0.251 e. The van der Waals surface area contributed by atoms with Gasteiger partial charge in [0, 0.05) is 16.8 Å². The zero-order chi connectivity index (χ0) is 27.3. The van der Waals surface area contributed by atoms with Crippen molar-refractivity contribution in [3.8, 4) is 17.1 Å². The summed E-state index contributed by atoms with van der Waals surface area (Å²) in [6.45, 7) is 7.59. The molecule has 11 heteroatoms. The standard InChI is InChI=1S/C27H29FN6O4/c1-5-37-21-14-12-20(13-15-21)34(24(22-7-6-16-38-22)26(36)29-27(2,3)4)23(35)17-33-31-25(30-32-33)18-8-10-19(28)11-9-18/h6-16,24H,5,17H2,1-4H3,(H,29,36). The number of aromatic nitrogens is 4. The summed E-state index contributed by atoms with van der Waals surface area (Å²) in [5.74, 6) is -0.152. The summed E-state index contributed by atoms with van der Waals surface area (Å²) in [5, 5.41) is 15.2. The van der Waals surface area contributed by atoms with Crippen LogP contribution in [0.3, 0.4) is 0 Å². The first kappa shape index (κ1) is 26.5. The van der Waals surface area contributed by atoms with Gasteiger partial charge < -0.3 is 14.5 Å². The number of nitrogens with zero attached hydrogens (tertiary/aromatic N) is 5. The molecule has 0 saturated heterocycles. The fourth-order valence-electron chi connectivity index (χ4n) is 3.79. The molecule has 1 N–H and O–H groups in total. The second kappa shape index (κ2) is 11.2. The van der Waals surface area contributed by atoms with Crippen molar-refractivity contribution in [2.24, 2.45) is 0 Å². The predicted octanol–water partition coefficient (Wildman–Crippen LogP) is 4.16. The van der Waals surface area contributed by atoms with Gasteiger partial charge >= 0.3 is 0 Å². The number of tetrazole rings is 1. The highest BCUT2D eigenvalue weighted by atomic mass is 19.1. The number of carbonyl (C=O) groups excluding carboxylic acids is 2. The molecular weight excluding hydrogens is 491 g/mol. The van der Waals surface area contributed by atoms with Crippen LogP contribution in [0.25, 0.3) is 11.4 Å². The first-order valence-corrected chi connectivity index (χ1v) is 12.1. The maximum atomic E-state index is 13.8. The number of carbonyl (C=O) groups is 2. The average Bonchev–Trinajstić information content (AvgIpc) is 3.55. The van der Waals surface area contributed by atoms with E-state index in [0.29, 0.717) is 23.6 Å². The SMILES string of the molecule is CCOc1ccc(N(C(=O)Cn2nnc(-c3ccc(F)cc3)n2)C(C(=O)NC(C)(C)C)c2ccco2)cc1. The molecule has 0 radical (unpaired) electrons. The zero-order valence-electron chi connectivity index (χ0n) is 21.6. The van der Waals surface area contributed by atoms with Crippen LogP contribution in [0, 0.1) is 5.82 Å². The Morgan fingerprint density at radius 2 is 1.82 bits per heavy atom. The molecule has 2 amide bonds. The van der Waals surface area contributed by atoms with Gasteiger partial charge in [-0.2, -0.15) is 4.80 Å². The van der Waals surface area contributed by atoms with Crippen molar-refractivity contribution < 1.29 is 23.1 Å². The normalized spacial score (nSPS) is 12.1. The molecule has 2 heterocycles. The third-order valence-corrected chi connectivity index (χ3v) is 5.34. The Kier molecular flexibility index (Phi) is 7.85. The van der Waals surface area contributed by atoms with E-state index in [1.807, 2.05) is 27.7 Å². The van der Waals surface area contributed by atoms with Crippen molar-refractivity contribution >= 4 is 17.5 Å². The summed E-state index contributed by atoms with van der Waals surface area (Å²) in [7, 11) is 0. The Labute approximate surface area is 219 Å². The minimum absolute atomic E-state index is 0.235. The number of ether oxygens (including phenoxy) is 1. The minimum Gasteiger partial charge on any atom is -0.494 e. The second-order valence-corrected chi connectivity index (χ2v) is 9.50. The summed E-state index contributed by atoms with van der Waals surface area (Å²) < 4.78 is 24.4. The van der Waals surface area contributed by atoms with E-state index >= 15 is 0 Å². The van der Waals surface area contributed by atoms with E-state index in [0.717, 1.165) is 4.80 Å². The lowest BCUT2D eigenvalue weighted by atomic mass is 10.1. The summed E-state index contributed by atoms with van der Waals surface area (Å²) in [6, 6.07) is 14.6. The van der Waals surface area contributed by atoms with Crippen LogP contribution in [-0.4, -0.2) is 44.2 Å². The number of halogens is 1. The molecule has 2 aromatic heterocycles. The van der Waals surface area contributed by atoms with Gasteiger partial charge in [-0.05, 0) is 93.6 Å². The average molecular weight is 521 g/mol.